The molecule has 2 amide bonds. The lowest BCUT2D eigenvalue weighted by Gasteiger charge is -2.17. The van der Waals surface area contributed by atoms with Crippen molar-refractivity contribution in [1.82, 2.24) is 9.88 Å². The smallest absolute Gasteiger partial charge is 0.323 e. The molecule has 0 spiro atoms. The van der Waals surface area contributed by atoms with Crippen molar-refractivity contribution in [2.24, 2.45) is 5.92 Å². The Morgan fingerprint density at radius 3 is 2.87 bits per heavy atom. The number of carbonyl (C=O) groups excluding carboxylic acids is 1. The number of anilines is 1. The fraction of sp³-hybridized carbons (Fsp3) is 0.294. The van der Waals surface area contributed by atoms with Gasteiger partial charge in [0.15, 0.2) is 0 Å². The van der Waals surface area contributed by atoms with Gasteiger partial charge in [0.2, 0.25) is 0 Å². The predicted octanol–water partition coefficient (Wildman–Crippen LogP) is 4.49. The number of likely N-dealkylation sites (tertiary alicyclic amines) is 1. The molecule has 1 fully saturated rings. The van der Waals surface area contributed by atoms with Gasteiger partial charge in [-0.15, -0.1) is 11.8 Å². The van der Waals surface area contributed by atoms with E-state index in [1.807, 2.05) is 34.9 Å². The van der Waals surface area contributed by atoms with Crippen LogP contribution in [-0.2, 0) is 0 Å². The van der Waals surface area contributed by atoms with Gasteiger partial charge in [-0.1, -0.05) is 24.3 Å². The van der Waals surface area contributed by atoms with Gasteiger partial charge in [0.05, 0.1) is 0 Å². The van der Waals surface area contributed by atoms with Crippen LogP contribution < -0.4 is 5.32 Å². The van der Waals surface area contributed by atoms with Gasteiger partial charge in [0, 0.05) is 23.7 Å². The second kappa shape index (κ2) is 7.84. The number of thioether (sulfide) groups is 1. The monoisotopic (exact) mass is 391 g/mol. The van der Waals surface area contributed by atoms with Crippen LogP contribution in [0, 0.1) is 5.92 Å². The summed E-state index contributed by atoms with van der Waals surface area (Å²) in [5.41, 5.74) is 0. The van der Waals surface area contributed by atoms with Crippen LogP contribution in [-0.4, -0.2) is 34.8 Å². The van der Waals surface area contributed by atoms with E-state index < -0.39 is 0 Å². The number of urea groups is 1. The first-order valence-electron chi connectivity index (χ1n) is 7.57. The Labute approximate surface area is 148 Å². The van der Waals surface area contributed by atoms with Gasteiger partial charge in [-0.2, -0.15) is 0 Å². The SMILES string of the molecule is O=C(Nc1cccc(Br)n1)N1CC[C@@H](CSc2ccccc2)C1. The highest BCUT2D eigenvalue weighted by Crippen LogP contribution is 2.26. The molecule has 0 aliphatic carbocycles. The van der Waals surface area contributed by atoms with E-state index in [9.17, 15) is 4.79 Å². The Morgan fingerprint density at radius 2 is 2.09 bits per heavy atom. The van der Waals surface area contributed by atoms with E-state index in [0.29, 0.717) is 16.3 Å². The molecule has 1 aliphatic heterocycles. The first-order valence-corrected chi connectivity index (χ1v) is 9.35. The number of rotatable bonds is 4. The summed E-state index contributed by atoms with van der Waals surface area (Å²) in [6, 6.07) is 15.8. The van der Waals surface area contributed by atoms with Crippen LogP contribution in [0.2, 0.25) is 0 Å². The number of halogens is 1. The molecule has 1 aliphatic rings. The molecule has 0 radical (unpaired) electrons. The summed E-state index contributed by atoms with van der Waals surface area (Å²) in [5, 5.41) is 2.86. The second-order valence-corrected chi connectivity index (χ2v) is 7.41. The van der Waals surface area contributed by atoms with Crippen LogP contribution in [0.25, 0.3) is 0 Å². The Morgan fingerprint density at radius 1 is 1.26 bits per heavy atom. The topological polar surface area (TPSA) is 45.2 Å². The van der Waals surface area contributed by atoms with Gasteiger partial charge in [0.1, 0.15) is 10.4 Å². The fourth-order valence-corrected chi connectivity index (χ4v) is 3.94. The summed E-state index contributed by atoms with van der Waals surface area (Å²) < 4.78 is 0.717. The molecule has 1 saturated heterocycles. The molecule has 2 aromatic rings. The summed E-state index contributed by atoms with van der Waals surface area (Å²) in [7, 11) is 0. The molecular formula is C17H18BrN3OS. The van der Waals surface area contributed by atoms with E-state index in [1.165, 1.54) is 4.90 Å². The van der Waals surface area contributed by atoms with Crippen molar-refractivity contribution >= 4 is 39.5 Å². The minimum atomic E-state index is -0.0668. The number of nitrogens with one attached hydrogen (secondary N) is 1. The summed E-state index contributed by atoms with van der Waals surface area (Å²) in [6.45, 7) is 1.61. The Kier molecular flexibility index (Phi) is 5.56. The lowest BCUT2D eigenvalue weighted by molar-refractivity contribution is 0.221. The number of aromatic nitrogens is 1. The lowest BCUT2D eigenvalue weighted by atomic mass is 10.2. The van der Waals surface area contributed by atoms with Crippen molar-refractivity contribution < 1.29 is 4.79 Å². The van der Waals surface area contributed by atoms with Crippen molar-refractivity contribution in [3.05, 3.63) is 53.1 Å². The van der Waals surface area contributed by atoms with E-state index in [1.54, 1.807) is 6.07 Å². The number of amides is 2. The molecule has 120 valence electrons. The van der Waals surface area contributed by atoms with E-state index in [-0.39, 0.29) is 6.03 Å². The number of carbonyl (C=O) groups is 1. The third kappa shape index (κ3) is 4.72. The van der Waals surface area contributed by atoms with Gasteiger partial charge in [-0.3, -0.25) is 5.32 Å². The summed E-state index contributed by atoms with van der Waals surface area (Å²) in [4.78, 5) is 19.7. The van der Waals surface area contributed by atoms with Crippen molar-refractivity contribution in [3.63, 3.8) is 0 Å². The first kappa shape index (κ1) is 16.3. The van der Waals surface area contributed by atoms with Gasteiger partial charge in [-0.25, -0.2) is 9.78 Å². The molecule has 1 atom stereocenters. The highest BCUT2D eigenvalue weighted by molar-refractivity contribution is 9.10. The molecule has 0 bridgehead atoms. The average molecular weight is 392 g/mol. The number of benzene rings is 1. The maximum atomic E-state index is 12.3. The molecule has 1 N–H and O–H groups in total. The van der Waals surface area contributed by atoms with E-state index in [0.717, 1.165) is 25.3 Å². The molecule has 1 aromatic carbocycles. The molecule has 3 rings (SSSR count). The number of nitrogens with zero attached hydrogens (tertiary/aromatic N) is 2. The zero-order chi connectivity index (χ0) is 16.1. The zero-order valence-electron chi connectivity index (χ0n) is 12.6. The Bertz CT molecular complexity index is 668. The summed E-state index contributed by atoms with van der Waals surface area (Å²) in [5.74, 6) is 2.16. The maximum Gasteiger partial charge on any atom is 0.323 e. The van der Waals surface area contributed by atoms with Crippen LogP contribution in [0.3, 0.4) is 0 Å². The van der Waals surface area contributed by atoms with Crippen molar-refractivity contribution in [3.8, 4) is 0 Å². The van der Waals surface area contributed by atoms with Crippen molar-refractivity contribution in [2.45, 2.75) is 11.3 Å². The number of pyridine rings is 1. The molecule has 2 heterocycles. The Balaban J connectivity index is 1.48. The van der Waals surface area contributed by atoms with E-state index >= 15 is 0 Å². The van der Waals surface area contributed by atoms with Crippen LogP contribution >= 0.6 is 27.7 Å². The van der Waals surface area contributed by atoms with Crippen LogP contribution in [0.15, 0.2) is 58.0 Å². The van der Waals surface area contributed by atoms with Crippen LogP contribution in [0.4, 0.5) is 10.6 Å². The van der Waals surface area contributed by atoms with Crippen molar-refractivity contribution in [2.75, 3.05) is 24.2 Å². The minimum absolute atomic E-state index is 0.0668. The highest BCUT2D eigenvalue weighted by atomic mass is 79.9. The molecular weight excluding hydrogens is 374 g/mol. The lowest BCUT2D eigenvalue weighted by Crippen LogP contribution is -2.33. The molecule has 6 heteroatoms. The van der Waals surface area contributed by atoms with E-state index in [4.69, 9.17) is 0 Å². The number of hydrogen-bond donors (Lipinski definition) is 1. The quantitative estimate of drug-likeness (QED) is 0.616. The van der Waals surface area contributed by atoms with Gasteiger partial charge >= 0.3 is 6.03 Å². The van der Waals surface area contributed by atoms with Crippen LogP contribution in [0.5, 0.6) is 0 Å². The van der Waals surface area contributed by atoms with Crippen LogP contribution in [0.1, 0.15) is 6.42 Å². The van der Waals surface area contributed by atoms with Crippen molar-refractivity contribution in [1.29, 1.82) is 0 Å². The van der Waals surface area contributed by atoms with Gasteiger partial charge < -0.3 is 4.90 Å². The summed E-state index contributed by atoms with van der Waals surface area (Å²) in [6.07, 6.45) is 1.05. The van der Waals surface area contributed by atoms with Gasteiger partial charge in [0.25, 0.3) is 0 Å². The van der Waals surface area contributed by atoms with E-state index in [2.05, 4.69) is 50.5 Å². The third-order valence-corrected chi connectivity index (χ3v) is 5.44. The Hall–Kier alpha value is -1.53. The number of hydrogen-bond acceptors (Lipinski definition) is 3. The average Bonchev–Trinajstić information content (AvgIpc) is 3.03. The first-order chi connectivity index (χ1) is 11.2. The predicted molar refractivity (Wildman–Crippen MR) is 97.8 cm³/mol. The normalized spacial score (nSPS) is 17.3. The second-order valence-electron chi connectivity index (χ2n) is 5.50. The largest absolute Gasteiger partial charge is 0.324 e. The standard InChI is InChI=1S/C17H18BrN3OS/c18-15-7-4-8-16(19-15)20-17(22)21-10-9-13(11-21)12-23-14-5-2-1-3-6-14/h1-8,13H,9-12H2,(H,19,20,22)/t13-/m1/s1. The molecule has 1 aromatic heterocycles. The molecule has 4 nitrogen and oxygen atoms in total. The fourth-order valence-electron chi connectivity index (χ4n) is 2.55. The minimum Gasteiger partial charge on any atom is -0.324 e. The highest BCUT2D eigenvalue weighted by Gasteiger charge is 2.26. The van der Waals surface area contributed by atoms with Gasteiger partial charge in [-0.05, 0) is 52.5 Å². The zero-order valence-corrected chi connectivity index (χ0v) is 15.0. The molecule has 0 unspecified atom stereocenters. The molecule has 0 saturated carbocycles. The summed E-state index contributed by atoms with van der Waals surface area (Å²) >= 11 is 5.17. The maximum absolute atomic E-state index is 12.3. The molecule has 23 heavy (non-hydrogen) atoms. The third-order valence-electron chi connectivity index (χ3n) is 3.75.